The highest BCUT2D eigenvalue weighted by Crippen LogP contribution is 2.49. The zero-order valence-corrected chi connectivity index (χ0v) is 18.5. The Morgan fingerprint density at radius 1 is 1.14 bits per heavy atom. The first-order chi connectivity index (χ1) is 13.4. The number of hydrogen-bond donors (Lipinski definition) is 1. The summed E-state index contributed by atoms with van der Waals surface area (Å²) in [5.41, 5.74) is 5.00. The zero-order chi connectivity index (χ0) is 19.9. The normalized spacial score (nSPS) is 24.7. The Kier molecular flexibility index (Phi) is 5.25. The molecule has 0 spiro atoms. The summed E-state index contributed by atoms with van der Waals surface area (Å²) in [7, 11) is 0. The lowest BCUT2D eigenvalue weighted by Crippen LogP contribution is -2.45. The molecule has 0 bridgehead atoms. The lowest BCUT2D eigenvalue weighted by molar-refractivity contribution is -0.154. The monoisotopic (exact) mass is 488 g/mol. The summed E-state index contributed by atoms with van der Waals surface area (Å²) in [6.45, 7) is 4.00. The maximum absolute atomic E-state index is 12.8. The average molecular weight is 488 g/mol. The third-order valence-corrected chi connectivity index (χ3v) is 7.18. The van der Waals surface area contributed by atoms with Crippen molar-refractivity contribution in [1.82, 2.24) is 0 Å². The molecule has 28 heavy (non-hydrogen) atoms. The number of carbonyl (C=O) groups excluding carboxylic acids is 1. The second kappa shape index (κ2) is 7.54. The van der Waals surface area contributed by atoms with Gasteiger partial charge < -0.3 is 9.84 Å². The van der Waals surface area contributed by atoms with Crippen LogP contribution in [0.1, 0.15) is 49.3 Å². The fourth-order valence-electron chi connectivity index (χ4n) is 4.43. The lowest BCUT2D eigenvalue weighted by atomic mass is 9.69. The van der Waals surface area contributed by atoms with E-state index >= 15 is 0 Å². The maximum atomic E-state index is 12.8. The first kappa shape index (κ1) is 19.5. The predicted octanol–water partition coefficient (Wildman–Crippen LogP) is 6.37. The Labute approximate surface area is 179 Å². The summed E-state index contributed by atoms with van der Waals surface area (Å²) in [4.78, 5) is 12.8. The van der Waals surface area contributed by atoms with Crippen LogP contribution in [0.15, 0.2) is 48.2 Å². The number of benzene rings is 2. The Balaban J connectivity index is 1.81. The molecule has 146 valence electrons. The van der Waals surface area contributed by atoms with Crippen molar-refractivity contribution in [2.24, 2.45) is 5.41 Å². The second-order valence-corrected chi connectivity index (χ2v) is 8.90. The van der Waals surface area contributed by atoms with Gasteiger partial charge in [-0.25, -0.2) is 4.79 Å². The van der Waals surface area contributed by atoms with Gasteiger partial charge in [0.05, 0.1) is 5.41 Å². The Morgan fingerprint density at radius 2 is 1.86 bits per heavy atom. The first-order valence-corrected chi connectivity index (χ1v) is 11.4. The zero-order valence-electron chi connectivity index (χ0n) is 16.3. The number of alkyl halides is 1. The topological polar surface area (TPSA) is 46.5 Å². The number of aryl methyl sites for hydroxylation is 1. The van der Waals surface area contributed by atoms with Gasteiger partial charge in [0.15, 0.2) is 0 Å². The molecule has 4 rings (SSSR count). The minimum absolute atomic E-state index is 0.203. The van der Waals surface area contributed by atoms with Gasteiger partial charge in [0.25, 0.3) is 0 Å². The molecule has 3 nitrogen and oxygen atoms in total. The molecule has 4 heteroatoms. The number of esters is 1. The van der Waals surface area contributed by atoms with E-state index in [0.717, 1.165) is 52.4 Å². The third kappa shape index (κ3) is 3.25. The molecule has 2 atom stereocenters. The molecule has 0 amide bonds. The summed E-state index contributed by atoms with van der Waals surface area (Å²) in [5, 5.41) is 11.2. The molecule has 1 aliphatic carbocycles. The highest BCUT2D eigenvalue weighted by atomic mass is 127. The fourth-order valence-corrected chi connectivity index (χ4v) is 4.93. The van der Waals surface area contributed by atoms with Gasteiger partial charge in [-0.3, -0.25) is 0 Å². The number of ether oxygens (including phenoxy) is 1. The molecule has 0 radical (unpaired) electrons. The van der Waals surface area contributed by atoms with Gasteiger partial charge in [0.2, 0.25) is 0 Å². The van der Waals surface area contributed by atoms with Gasteiger partial charge >= 0.3 is 5.97 Å². The largest absolute Gasteiger partial charge is 0.511 e. The molecule has 1 aliphatic heterocycles. The van der Waals surface area contributed by atoms with Crippen molar-refractivity contribution in [2.45, 2.75) is 50.1 Å². The third-order valence-electron chi connectivity index (χ3n) is 6.30. The lowest BCUT2D eigenvalue weighted by Gasteiger charge is -2.44. The van der Waals surface area contributed by atoms with E-state index in [1.807, 2.05) is 26.0 Å². The van der Waals surface area contributed by atoms with Crippen molar-refractivity contribution in [2.75, 3.05) is 0 Å². The quantitative estimate of drug-likeness (QED) is 0.310. The van der Waals surface area contributed by atoms with E-state index < -0.39 is 11.4 Å². The molecule has 1 heterocycles. The van der Waals surface area contributed by atoms with E-state index in [2.05, 4.69) is 52.9 Å². The molecule has 0 aromatic heterocycles. The van der Waals surface area contributed by atoms with E-state index in [4.69, 9.17) is 4.74 Å². The Hall–Kier alpha value is -1.82. The molecule has 1 saturated carbocycles. The van der Waals surface area contributed by atoms with Gasteiger partial charge in [-0.05, 0) is 67.0 Å². The van der Waals surface area contributed by atoms with Gasteiger partial charge in [-0.1, -0.05) is 65.4 Å². The summed E-state index contributed by atoms with van der Waals surface area (Å²) < 4.78 is 6.78. The minimum Gasteiger partial charge on any atom is -0.511 e. The molecular weight excluding hydrogens is 463 g/mol. The van der Waals surface area contributed by atoms with Gasteiger partial charge in [0.1, 0.15) is 17.4 Å². The Morgan fingerprint density at radius 3 is 2.57 bits per heavy atom. The van der Waals surface area contributed by atoms with E-state index in [9.17, 15) is 9.90 Å². The van der Waals surface area contributed by atoms with Crippen molar-refractivity contribution >= 4 is 34.1 Å². The van der Waals surface area contributed by atoms with Crippen LogP contribution in [-0.4, -0.2) is 17.2 Å². The van der Waals surface area contributed by atoms with Crippen molar-refractivity contribution < 1.29 is 14.6 Å². The highest BCUT2D eigenvalue weighted by molar-refractivity contribution is 14.1. The van der Waals surface area contributed by atoms with E-state index in [1.165, 1.54) is 5.56 Å². The SMILES string of the molecule is Cc1ccc(-c2ccc(CI)cc2)cc1C1=C(O)C2(C)CCCCC2OC1=O. The van der Waals surface area contributed by atoms with Crippen LogP contribution in [0.4, 0.5) is 0 Å². The standard InChI is InChI=1S/C24H25IO3/c1-15-6-9-18(17-10-7-16(14-25)8-11-17)13-19(15)21-22(26)24(2)12-4-3-5-20(24)28-23(21)27/h6-11,13,20,26H,3-5,12,14H2,1-2H3. The number of fused-ring (bicyclic) bond motifs is 1. The van der Waals surface area contributed by atoms with Crippen LogP contribution in [0.3, 0.4) is 0 Å². The summed E-state index contributed by atoms with van der Waals surface area (Å²) in [6, 6.07) is 14.5. The van der Waals surface area contributed by atoms with Crippen LogP contribution < -0.4 is 0 Å². The highest BCUT2D eigenvalue weighted by Gasteiger charge is 2.49. The summed E-state index contributed by atoms with van der Waals surface area (Å²) >= 11 is 2.35. The first-order valence-electron chi connectivity index (χ1n) is 9.85. The molecule has 1 fully saturated rings. The fraction of sp³-hybridized carbons (Fsp3) is 0.375. The second-order valence-electron chi connectivity index (χ2n) is 8.14. The summed E-state index contributed by atoms with van der Waals surface area (Å²) in [5.74, 6) is -0.198. The van der Waals surface area contributed by atoms with Crippen molar-refractivity contribution in [3.63, 3.8) is 0 Å². The number of rotatable bonds is 3. The predicted molar refractivity (Wildman–Crippen MR) is 120 cm³/mol. The number of aliphatic hydroxyl groups excluding tert-OH is 1. The molecule has 2 aliphatic rings. The van der Waals surface area contributed by atoms with E-state index in [1.54, 1.807) is 0 Å². The minimum atomic E-state index is -0.480. The van der Waals surface area contributed by atoms with Crippen LogP contribution in [-0.2, 0) is 14.0 Å². The van der Waals surface area contributed by atoms with E-state index in [0.29, 0.717) is 5.57 Å². The molecule has 2 unspecified atom stereocenters. The van der Waals surface area contributed by atoms with Crippen LogP contribution >= 0.6 is 22.6 Å². The van der Waals surface area contributed by atoms with Gasteiger partial charge in [0, 0.05) is 4.43 Å². The van der Waals surface area contributed by atoms with Crippen molar-refractivity contribution in [3.8, 4) is 11.1 Å². The number of halogens is 1. The molecule has 0 saturated heterocycles. The number of carbonyl (C=O) groups is 1. The van der Waals surface area contributed by atoms with Gasteiger partial charge in [-0.15, -0.1) is 0 Å². The number of aliphatic hydroxyl groups is 1. The molecule has 2 aromatic rings. The van der Waals surface area contributed by atoms with Crippen molar-refractivity contribution in [1.29, 1.82) is 0 Å². The van der Waals surface area contributed by atoms with Crippen LogP contribution in [0.5, 0.6) is 0 Å². The summed E-state index contributed by atoms with van der Waals surface area (Å²) in [6.07, 6.45) is 3.53. The molecule has 1 N–H and O–H groups in total. The Bertz CT molecular complexity index is 945. The van der Waals surface area contributed by atoms with E-state index in [-0.39, 0.29) is 11.9 Å². The van der Waals surface area contributed by atoms with Gasteiger partial charge in [-0.2, -0.15) is 0 Å². The average Bonchev–Trinajstić information content (AvgIpc) is 2.70. The maximum Gasteiger partial charge on any atom is 0.342 e. The molecular formula is C24H25IO3. The van der Waals surface area contributed by atoms with Crippen molar-refractivity contribution in [3.05, 3.63) is 64.9 Å². The van der Waals surface area contributed by atoms with Crippen LogP contribution in [0, 0.1) is 12.3 Å². The van der Waals surface area contributed by atoms with Crippen LogP contribution in [0.25, 0.3) is 16.7 Å². The number of hydrogen-bond acceptors (Lipinski definition) is 3. The smallest absolute Gasteiger partial charge is 0.342 e. The van der Waals surface area contributed by atoms with Crippen LogP contribution in [0.2, 0.25) is 0 Å². The molecule has 2 aromatic carbocycles.